The predicted molar refractivity (Wildman–Crippen MR) is 82.5 cm³/mol. The first-order valence-electron chi connectivity index (χ1n) is 7.23. The van der Waals surface area contributed by atoms with Crippen molar-refractivity contribution in [3.8, 4) is 0 Å². The molecule has 2 heterocycles. The van der Waals surface area contributed by atoms with E-state index in [1.165, 1.54) is 0 Å². The van der Waals surface area contributed by atoms with Crippen molar-refractivity contribution in [2.24, 2.45) is 0 Å². The molecule has 3 aromatic rings. The number of nitrogens with one attached hydrogen (secondary N) is 1. The summed E-state index contributed by atoms with van der Waals surface area (Å²) < 4.78 is 39.4. The van der Waals surface area contributed by atoms with Gasteiger partial charge in [0.2, 0.25) is 0 Å². The Balaban J connectivity index is 1.69. The van der Waals surface area contributed by atoms with Gasteiger partial charge in [0.25, 0.3) is 5.91 Å². The number of benzene rings is 1. The molecule has 0 unspecified atom stereocenters. The monoisotopic (exact) mass is 333 g/mol. The first-order chi connectivity index (χ1) is 11.3. The maximum Gasteiger partial charge on any atom is 0.416 e. The van der Waals surface area contributed by atoms with Crippen LogP contribution >= 0.6 is 0 Å². The molecule has 0 aliphatic heterocycles. The minimum atomic E-state index is -4.41. The highest BCUT2D eigenvalue weighted by Gasteiger charge is 2.30. The fourth-order valence-corrected chi connectivity index (χ4v) is 2.37. The molecule has 24 heavy (non-hydrogen) atoms. The molecule has 3 rings (SSSR count). The van der Waals surface area contributed by atoms with E-state index in [1.54, 1.807) is 6.20 Å². The molecule has 0 aliphatic rings. The van der Waals surface area contributed by atoms with Crippen LogP contribution in [0.5, 0.6) is 0 Å². The number of carbonyl (C=O) groups is 1. The van der Waals surface area contributed by atoms with Crippen molar-refractivity contribution in [2.45, 2.75) is 19.6 Å². The van der Waals surface area contributed by atoms with Gasteiger partial charge in [0, 0.05) is 18.0 Å². The second-order valence-electron chi connectivity index (χ2n) is 5.41. The van der Waals surface area contributed by atoms with Crippen LogP contribution in [0.4, 0.5) is 13.2 Å². The number of fused-ring (bicyclic) bond motifs is 1. The topological polar surface area (TPSA) is 46.4 Å². The van der Waals surface area contributed by atoms with E-state index in [1.807, 2.05) is 29.7 Å². The van der Waals surface area contributed by atoms with Gasteiger partial charge in [-0.05, 0) is 42.8 Å². The van der Waals surface area contributed by atoms with Crippen LogP contribution in [0.3, 0.4) is 0 Å². The van der Waals surface area contributed by atoms with Crippen LogP contribution in [0.2, 0.25) is 0 Å². The Labute approximate surface area is 135 Å². The largest absolute Gasteiger partial charge is 0.416 e. The second kappa shape index (κ2) is 5.99. The first-order valence-corrected chi connectivity index (χ1v) is 7.23. The molecular weight excluding hydrogens is 319 g/mol. The van der Waals surface area contributed by atoms with Crippen LogP contribution < -0.4 is 5.32 Å². The van der Waals surface area contributed by atoms with Gasteiger partial charge in [0.15, 0.2) is 0 Å². The van der Waals surface area contributed by atoms with Gasteiger partial charge in [-0.3, -0.25) is 4.79 Å². The lowest BCUT2D eigenvalue weighted by molar-refractivity contribution is -0.137. The van der Waals surface area contributed by atoms with Gasteiger partial charge in [-0.25, -0.2) is 4.98 Å². The summed E-state index contributed by atoms with van der Waals surface area (Å²) in [6, 6.07) is 7.94. The Kier molecular flexibility index (Phi) is 4.01. The van der Waals surface area contributed by atoms with Gasteiger partial charge < -0.3 is 9.72 Å². The zero-order chi connectivity index (χ0) is 17.3. The van der Waals surface area contributed by atoms with Gasteiger partial charge in [0.05, 0.1) is 17.8 Å². The normalized spacial score (nSPS) is 11.7. The molecule has 4 nitrogen and oxygen atoms in total. The number of aromatic nitrogens is 2. The number of rotatable bonds is 3. The van der Waals surface area contributed by atoms with Crippen LogP contribution in [-0.4, -0.2) is 15.3 Å². The fraction of sp³-hybridized carbons (Fsp3) is 0.176. The van der Waals surface area contributed by atoms with Gasteiger partial charge in [-0.15, -0.1) is 0 Å². The van der Waals surface area contributed by atoms with E-state index >= 15 is 0 Å². The Bertz CT molecular complexity index is 882. The second-order valence-corrected chi connectivity index (χ2v) is 5.41. The summed E-state index contributed by atoms with van der Waals surface area (Å²) in [5, 5.41) is 2.66. The number of imidazole rings is 1. The van der Waals surface area contributed by atoms with E-state index in [4.69, 9.17) is 0 Å². The summed E-state index contributed by atoms with van der Waals surface area (Å²) in [4.78, 5) is 16.5. The third-order valence-electron chi connectivity index (χ3n) is 3.63. The van der Waals surface area contributed by atoms with Gasteiger partial charge >= 0.3 is 6.18 Å². The standard InChI is InChI=1S/C17H14F3N3O/c1-11-3-2-8-23-10-14(22-15(11)23)9-21-16(24)12-4-6-13(7-5-12)17(18,19)20/h2-8,10H,9H2,1H3,(H,21,24). The van der Waals surface area contributed by atoms with Crippen molar-refractivity contribution in [1.82, 2.24) is 14.7 Å². The third kappa shape index (κ3) is 3.24. The molecule has 0 bridgehead atoms. The van der Waals surface area contributed by atoms with Crippen LogP contribution in [0.1, 0.15) is 27.2 Å². The number of aryl methyl sites for hydroxylation is 1. The average molecular weight is 333 g/mol. The molecule has 0 aliphatic carbocycles. The van der Waals surface area contributed by atoms with Crippen molar-refractivity contribution in [3.63, 3.8) is 0 Å². The lowest BCUT2D eigenvalue weighted by Crippen LogP contribution is -2.23. The summed E-state index contributed by atoms with van der Waals surface area (Å²) in [5.41, 5.74) is 1.87. The molecule has 1 aromatic carbocycles. The third-order valence-corrected chi connectivity index (χ3v) is 3.63. The highest BCUT2D eigenvalue weighted by molar-refractivity contribution is 5.94. The highest BCUT2D eigenvalue weighted by Crippen LogP contribution is 2.29. The minimum Gasteiger partial charge on any atom is -0.346 e. The lowest BCUT2D eigenvalue weighted by Gasteiger charge is -2.07. The molecular formula is C17H14F3N3O. The lowest BCUT2D eigenvalue weighted by atomic mass is 10.1. The number of pyridine rings is 1. The fourth-order valence-electron chi connectivity index (χ4n) is 2.37. The number of nitrogens with zero attached hydrogens (tertiary/aromatic N) is 2. The Morgan fingerprint density at radius 2 is 1.92 bits per heavy atom. The number of hydrogen-bond donors (Lipinski definition) is 1. The van der Waals surface area contributed by atoms with Crippen molar-refractivity contribution in [3.05, 3.63) is 71.2 Å². The average Bonchev–Trinajstić information content (AvgIpc) is 2.96. The van der Waals surface area contributed by atoms with E-state index in [0.717, 1.165) is 35.5 Å². The summed E-state index contributed by atoms with van der Waals surface area (Å²) in [5.74, 6) is -0.447. The van der Waals surface area contributed by atoms with Crippen molar-refractivity contribution < 1.29 is 18.0 Å². The zero-order valence-electron chi connectivity index (χ0n) is 12.8. The van der Waals surface area contributed by atoms with Crippen molar-refractivity contribution in [2.75, 3.05) is 0 Å². The summed E-state index contributed by atoms with van der Waals surface area (Å²) in [6.07, 6.45) is -0.755. The summed E-state index contributed by atoms with van der Waals surface area (Å²) in [7, 11) is 0. The molecule has 0 radical (unpaired) electrons. The van der Waals surface area contributed by atoms with E-state index in [9.17, 15) is 18.0 Å². The smallest absolute Gasteiger partial charge is 0.346 e. The van der Waals surface area contributed by atoms with Crippen LogP contribution in [0.15, 0.2) is 48.8 Å². The van der Waals surface area contributed by atoms with E-state index in [-0.39, 0.29) is 12.1 Å². The predicted octanol–water partition coefficient (Wildman–Crippen LogP) is 3.59. The molecule has 1 N–H and O–H groups in total. The molecule has 124 valence electrons. The number of carbonyl (C=O) groups excluding carboxylic acids is 1. The Morgan fingerprint density at radius 1 is 1.21 bits per heavy atom. The van der Waals surface area contributed by atoms with Gasteiger partial charge in [-0.1, -0.05) is 6.07 Å². The number of hydrogen-bond acceptors (Lipinski definition) is 2. The molecule has 0 atom stereocenters. The molecule has 7 heteroatoms. The van der Waals surface area contributed by atoms with Gasteiger partial charge in [-0.2, -0.15) is 13.2 Å². The number of alkyl halides is 3. The van der Waals surface area contributed by atoms with Gasteiger partial charge in [0.1, 0.15) is 5.65 Å². The van der Waals surface area contributed by atoms with E-state index in [0.29, 0.717) is 5.69 Å². The van der Waals surface area contributed by atoms with Crippen LogP contribution in [-0.2, 0) is 12.7 Å². The van der Waals surface area contributed by atoms with Crippen molar-refractivity contribution >= 4 is 11.6 Å². The number of halogens is 3. The van der Waals surface area contributed by atoms with Crippen molar-refractivity contribution in [1.29, 1.82) is 0 Å². The maximum atomic E-state index is 12.5. The molecule has 2 aromatic heterocycles. The summed E-state index contributed by atoms with van der Waals surface area (Å²) in [6.45, 7) is 2.13. The number of amides is 1. The minimum absolute atomic E-state index is 0.169. The molecule has 1 amide bonds. The molecule has 0 saturated heterocycles. The highest BCUT2D eigenvalue weighted by atomic mass is 19.4. The molecule has 0 fully saturated rings. The summed E-state index contributed by atoms with van der Waals surface area (Å²) >= 11 is 0. The quantitative estimate of drug-likeness (QED) is 0.796. The van der Waals surface area contributed by atoms with E-state index < -0.39 is 17.6 Å². The molecule has 0 spiro atoms. The Morgan fingerprint density at radius 3 is 2.54 bits per heavy atom. The Hall–Kier alpha value is -2.83. The van der Waals surface area contributed by atoms with Crippen LogP contribution in [0.25, 0.3) is 5.65 Å². The van der Waals surface area contributed by atoms with E-state index in [2.05, 4.69) is 10.3 Å². The molecule has 0 saturated carbocycles. The first kappa shape index (κ1) is 16.0. The zero-order valence-corrected chi connectivity index (χ0v) is 12.8. The van der Waals surface area contributed by atoms with Crippen LogP contribution in [0, 0.1) is 6.92 Å². The SMILES string of the molecule is Cc1cccn2cc(CNC(=O)c3ccc(C(F)(F)F)cc3)nc12. The maximum absolute atomic E-state index is 12.5.